The quantitative estimate of drug-likeness (QED) is 0.0274. The van der Waals surface area contributed by atoms with Crippen molar-refractivity contribution in [2.45, 2.75) is 247 Å². The van der Waals surface area contributed by atoms with E-state index >= 15 is 0 Å². The molecule has 0 aromatic heterocycles. The number of nitrogens with two attached hydrogens (primary N) is 1. The Morgan fingerprint density at radius 2 is 0.831 bits per heavy atom. The molecule has 758 valence electrons. The number of hydrogen-bond acceptors (Lipinski definition) is 34. The standard InChI is InChI=1S/C19H34N2O6.C12H21N3O3.C11H20N2O4.C10H18O5.C8H17N3O2.C7H13N3O.C7H13NO3.2C2HF3O2.CH2Cl2.CH4/c1-18(2,3)26-15(22)9-8-10-20-11-12-21(13-14(20)16(23)25-7)17(24)27-19(4,5)6;1-12(2,3)18-11(17)15-7-6-14-5-4-13-10(16)9(14)8-15;1-11(2,3)17-10(15)13-6-5-12-8(7-13)9(14)16-4;1-9(2,3)14-7(11)13-8(12)15-10(4,5)6;1-13-8(12)7-6-10-3-5-11(7)4-2-9;11-7-6-5-8-1-3-10(6)4-2-9-7;1-7(2,3)11-6(10)8-4-5-9;2*3-2(4,5)1(6)7;2-1-3;/h14H,8-13H2,1-7H3;9H,4-8H2,1-3H3,(H,13,16);8,12H,5-7H2,1-4H3;1-6H3;7,10H,2-6,9H2,1H3;6,8H,1-5H2,(H,9,11);5H,4H2,1-3H3,(H,8,10);2*(H,6,7);1H2;1H4. The highest BCUT2D eigenvalue weighted by Gasteiger charge is 2.42. The molecule has 7 aliphatic rings. The van der Waals surface area contributed by atoms with Crippen LogP contribution >= 0.6 is 23.2 Å². The summed E-state index contributed by atoms with van der Waals surface area (Å²) in [6, 6.07) is -1.34. The second-order valence-electron chi connectivity index (χ2n) is 35.3. The average Bonchev–Trinajstić information content (AvgIpc) is 0.810. The van der Waals surface area contributed by atoms with Crippen molar-refractivity contribution in [2.75, 3.05) is 177 Å². The van der Waals surface area contributed by atoms with Crippen LogP contribution in [0.2, 0.25) is 0 Å². The predicted octanol–water partition coefficient (Wildman–Crippen LogP) is 6.30. The summed E-state index contributed by atoms with van der Waals surface area (Å²) in [5, 5.41) is 31.8. The Hall–Kier alpha value is -8.91. The van der Waals surface area contributed by atoms with E-state index in [1.165, 1.54) is 31.1 Å². The van der Waals surface area contributed by atoms with Gasteiger partial charge in [-0.2, -0.15) is 26.3 Å². The molecule has 5 unspecified atom stereocenters. The van der Waals surface area contributed by atoms with E-state index in [2.05, 4.69) is 56.1 Å². The van der Waals surface area contributed by atoms with E-state index in [0.29, 0.717) is 78.2 Å². The SMILES string of the molecule is C.CC(C)(C)OC(=O)N1CCN2CCNC(=O)C2C1.CC(C)(C)OC(=O)NCC=O.CC(C)(C)OC(=O)OC(=O)OC(C)(C)C.COC(=O)C1CN(C(=O)OC(C)(C)C)CCN1.COC(=O)C1CN(C(=O)OC(C)(C)C)CCN1CCCC(=O)OC(C)(C)C.COC(=O)C1CNCCN1CCN.ClCCl.O=C(O)C(F)(F)F.O=C(O)C(F)(F)F.O=C1NCCN2CCNCC12. The van der Waals surface area contributed by atoms with Crippen LogP contribution in [0.5, 0.6) is 0 Å². The molecule has 10 N–H and O–H groups in total. The summed E-state index contributed by atoms with van der Waals surface area (Å²) in [4.78, 5) is 179. The van der Waals surface area contributed by atoms with Crippen LogP contribution in [-0.4, -0.2) is 394 Å². The molecule has 0 saturated carbocycles. The number of carbonyl (C=O) groups excluding carboxylic acids is 13. The number of carboxylic acid groups (broad SMARTS) is 2. The maximum absolute atomic E-state index is 12.3. The first-order chi connectivity index (χ1) is 58.9. The average molecular weight is 1930 g/mol. The van der Waals surface area contributed by atoms with Gasteiger partial charge in [-0.3, -0.25) is 48.4 Å². The highest BCUT2D eigenvalue weighted by Crippen LogP contribution is 2.22. The number of rotatable bonds is 11. The number of ether oxygens (including phenoxy) is 11. The molecule has 7 aliphatic heterocycles. The molecular formula is C80H144Cl2F6N14O28. The number of nitrogens with zero attached hydrogens (tertiary/aromatic N) is 7. The van der Waals surface area contributed by atoms with Crippen LogP contribution in [0.15, 0.2) is 0 Å². The minimum absolute atomic E-state index is 0. The summed E-state index contributed by atoms with van der Waals surface area (Å²) in [5.74, 6) is -6.53. The van der Waals surface area contributed by atoms with Crippen molar-refractivity contribution in [3.8, 4) is 0 Å². The molecule has 0 aromatic rings. The number of esters is 4. The van der Waals surface area contributed by atoms with Crippen molar-refractivity contribution < 1.29 is 161 Å². The highest BCUT2D eigenvalue weighted by molar-refractivity contribution is 6.40. The number of halogens is 8. The number of carboxylic acids is 2. The molecule has 6 amide bonds. The fraction of sp³-hybridized carbons (Fsp3) is 0.812. The monoisotopic (exact) mass is 1930 g/mol. The number of fused-ring (bicyclic) bond motifs is 2. The summed E-state index contributed by atoms with van der Waals surface area (Å²) in [6.07, 6.45) is -12.6. The molecular weight excluding hydrogens is 1790 g/mol. The summed E-state index contributed by atoms with van der Waals surface area (Å²) in [6.45, 7) is 52.0. The van der Waals surface area contributed by atoms with Crippen LogP contribution in [0.4, 0.5) is 55.1 Å². The normalized spacial score (nSPS) is 19.0. The molecule has 7 heterocycles. The largest absolute Gasteiger partial charge is 0.519 e. The zero-order chi connectivity index (χ0) is 101. The molecule has 0 aliphatic carbocycles. The molecule has 130 heavy (non-hydrogen) atoms. The fourth-order valence-electron chi connectivity index (χ4n) is 10.9. The number of methoxy groups -OCH3 is 3. The maximum Gasteiger partial charge on any atom is 0.519 e. The van der Waals surface area contributed by atoms with Crippen LogP contribution in [-0.2, 0) is 95.3 Å². The van der Waals surface area contributed by atoms with Crippen LogP contribution < -0.4 is 37.6 Å². The van der Waals surface area contributed by atoms with E-state index < -0.39 is 112 Å². The van der Waals surface area contributed by atoms with Gasteiger partial charge in [0.2, 0.25) is 11.8 Å². The van der Waals surface area contributed by atoms with Crippen molar-refractivity contribution in [3.63, 3.8) is 0 Å². The summed E-state index contributed by atoms with van der Waals surface area (Å²) in [7, 11) is 4.07. The first kappa shape index (κ1) is 127. The number of amides is 6. The third-order valence-electron chi connectivity index (χ3n) is 16.1. The number of alkyl halides is 8. The van der Waals surface area contributed by atoms with E-state index in [1.54, 1.807) is 88.0 Å². The van der Waals surface area contributed by atoms with Gasteiger partial charge in [-0.1, -0.05) is 7.43 Å². The van der Waals surface area contributed by atoms with Gasteiger partial charge >= 0.3 is 84.9 Å². The minimum Gasteiger partial charge on any atom is -0.475 e. The second kappa shape index (κ2) is 61.0. The molecule has 5 atom stereocenters. The molecule has 0 aromatic carbocycles. The summed E-state index contributed by atoms with van der Waals surface area (Å²) < 4.78 is 118. The smallest absolute Gasteiger partial charge is 0.475 e. The molecule has 0 bridgehead atoms. The van der Waals surface area contributed by atoms with Gasteiger partial charge in [0.05, 0.1) is 46.3 Å². The van der Waals surface area contributed by atoms with Crippen molar-refractivity contribution in [3.05, 3.63) is 0 Å². The van der Waals surface area contributed by atoms with E-state index in [0.717, 1.165) is 65.4 Å². The molecule has 42 nitrogen and oxygen atoms in total. The van der Waals surface area contributed by atoms with Gasteiger partial charge in [0.1, 0.15) is 75.7 Å². The molecule has 7 fully saturated rings. The number of aldehydes is 1. The van der Waals surface area contributed by atoms with Crippen LogP contribution in [0, 0.1) is 0 Å². The topological polar surface area (TPSA) is 519 Å². The number of hydrogen-bond donors (Lipinski definition) is 9. The Balaban J connectivity index is -0.000000701. The molecule has 0 spiro atoms. The van der Waals surface area contributed by atoms with E-state index in [-0.39, 0.29) is 92.8 Å². The van der Waals surface area contributed by atoms with Crippen molar-refractivity contribution >= 4 is 114 Å². The Labute approximate surface area is 767 Å². The Morgan fingerprint density at radius 1 is 0.462 bits per heavy atom. The van der Waals surface area contributed by atoms with Crippen molar-refractivity contribution in [2.24, 2.45) is 5.73 Å². The van der Waals surface area contributed by atoms with Gasteiger partial charge in [0.15, 0.2) is 0 Å². The lowest BCUT2D eigenvalue weighted by atomic mass is 10.1. The van der Waals surface area contributed by atoms with Gasteiger partial charge < -0.3 is 119 Å². The second-order valence-corrected chi connectivity index (χ2v) is 36.1. The lowest BCUT2D eigenvalue weighted by molar-refractivity contribution is -0.193. The van der Waals surface area contributed by atoms with Crippen molar-refractivity contribution in [1.29, 1.82) is 0 Å². The van der Waals surface area contributed by atoms with Gasteiger partial charge in [-0.05, 0) is 158 Å². The fourth-order valence-corrected chi connectivity index (χ4v) is 10.9. The van der Waals surface area contributed by atoms with E-state index in [9.17, 15) is 88.7 Å². The van der Waals surface area contributed by atoms with Gasteiger partial charge in [-0.25, -0.2) is 38.4 Å². The number of aliphatic carboxylic acids is 2. The van der Waals surface area contributed by atoms with Crippen LogP contribution in [0.25, 0.3) is 0 Å². The van der Waals surface area contributed by atoms with E-state index in [4.69, 9.17) is 91.4 Å². The zero-order valence-corrected chi connectivity index (χ0v) is 80.1. The molecule has 0 radical (unpaired) electrons. The third-order valence-corrected chi connectivity index (χ3v) is 16.1. The van der Waals surface area contributed by atoms with Crippen LogP contribution in [0.3, 0.4) is 0 Å². The maximum atomic E-state index is 12.3. The number of piperazine rings is 7. The summed E-state index contributed by atoms with van der Waals surface area (Å²) >= 11 is 9.53. The Morgan fingerprint density at radius 3 is 1.23 bits per heavy atom. The lowest BCUT2D eigenvalue weighted by Gasteiger charge is -2.43. The molecule has 7 rings (SSSR count). The number of nitrogens with one attached hydrogen (secondary N) is 6. The predicted molar refractivity (Wildman–Crippen MR) is 463 cm³/mol. The summed E-state index contributed by atoms with van der Waals surface area (Å²) in [5.41, 5.74) is 1.43. The van der Waals surface area contributed by atoms with Gasteiger partial charge in [-0.15, -0.1) is 23.2 Å². The van der Waals surface area contributed by atoms with E-state index in [1.807, 2.05) is 67.2 Å². The van der Waals surface area contributed by atoms with Crippen molar-refractivity contribution in [1.82, 2.24) is 66.2 Å². The molecule has 50 heteroatoms. The number of carbonyl (C=O) groups is 15. The molecule has 7 saturated heterocycles. The lowest BCUT2D eigenvalue weighted by Crippen LogP contribution is -2.64. The number of alkyl carbamates (subject to hydrolysis) is 1. The Bertz CT molecular complexity index is 3430. The zero-order valence-electron chi connectivity index (χ0n) is 78.6. The third kappa shape index (κ3) is 62.4. The Kier molecular flexibility index (Phi) is 59.8. The highest BCUT2D eigenvalue weighted by atomic mass is 35.5. The minimum atomic E-state index is -5.08. The van der Waals surface area contributed by atoms with Gasteiger partial charge in [0, 0.05) is 131 Å². The first-order valence-corrected chi connectivity index (χ1v) is 42.0. The van der Waals surface area contributed by atoms with Gasteiger partial charge in [0.25, 0.3) is 0 Å². The van der Waals surface area contributed by atoms with Crippen LogP contribution in [0.1, 0.15) is 166 Å². The first-order valence-electron chi connectivity index (χ1n) is 41.0.